The van der Waals surface area contributed by atoms with E-state index in [1.54, 1.807) is 0 Å². The summed E-state index contributed by atoms with van der Waals surface area (Å²) in [5, 5.41) is 0. The predicted molar refractivity (Wildman–Crippen MR) is 51.8 cm³/mol. The summed E-state index contributed by atoms with van der Waals surface area (Å²) in [5.74, 6) is 0.899. The highest BCUT2D eigenvalue weighted by Crippen LogP contribution is 2.12. The third-order valence-corrected chi connectivity index (χ3v) is 2.11. The molecule has 0 saturated carbocycles. The average Bonchev–Trinajstić information content (AvgIpc) is 2.56. The van der Waals surface area contributed by atoms with Crippen molar-refractivity contribution in [1.82, 2.24) is 10.9 Å². The van der Waals surface area contributed by atoms with Crippen LogP contribution in [0.5, 0.6) is 0 Å². The first-order chi connectivity index (χ1) is 5.86. The van der Waals surface area contributed by atoms with Crippen LogP contribution in [0.2, 0.25) is 0 Å². The maximum Gasteiger partial charge on any atom is 0.144 e. The third kappa shape index (κ3) is 1.49. The van der Waals surface area contributed by atoms with Gasteiger partial charge in [0.05, 0.1) is 0 Å². The average molecular weight is 226 g/mol. The van der Waals surface area contributed by atoms with Crippen LogP contribution in [0.25, 0.3) is 0 Å². The van der Waals surface area contributed by atoms with Gasteiger partial charge in [0, 0.05) is 10.0 Å². The number of hydrogen-bond acceptors (Lipinski definition) is 3. The van der Waals surface area contributed by atoms with Crippen molar-refractivity contribution in [2.45, 2.75) is 0 Å². The normalized spacial score (nSPS) is 15.6. The summed E-state index contributed by atoms with van der Waals surface area (Å²) in [4.78, 5) is 4.22. The molecule has 0 amide bonds. The smallest absolute Gasteiger partial charge is 0.144 e. The number of rotatable bonds is 1. The Labute approximate surface area is 79.0 Å². The van der Waals surface area contributed by atoms with Gasteiger partial charge < -0.3 is 5.43 Å². The van der Waals surface area contributed by atoms with Crippen LogP contribution in [0.4, 0.5) is 0 Å². The van der Waals surface area contributed by atoms with Gasteiger partial charge in [-0.1, -0.05) is 28.1 Å². The van der Waals surface area contributed by atoms with E-state index in [0.717, 1.165) is 15.9 Å². The lowest BCUT2D eigenvalue weighted by Crippen LogP contribution is -2.30. The van der Waals surface area contributed by atoms with E-state index in [1.165, 1.54) is 0 Å². The van der Waals surface area contributed by atoms with Gasteiger partial charge >= 0.3 is 0 Å². The number of nitrogens with zero attached hydrogens (tertiary/aromatic N) is 1. The van der Waals surface area contributed by atoms with Crippen LogP contribution in [-0.2, 0) is 0 Å². The molecule has 0 aliphatic carbocycles. The van der Waals surface area contributed by atoms with E-state index in [-0.39, 0.29) is 0 Å². The van der Waals surface area contributed by atoms with Crippen molar-refractivity contribution >= 4 is 21.8 Å². The van der Waals surface area contributed by atoms with E-state index >= 15 is 0 Å². The fraction of sp³-hybridized carbons (Fsp3) is 0.125. The van der Waals surface area contributed by atoms with Crippen LogP contribution < -0.4 is 10.9 Å². The van der Waals surface area contributed by atoms with Crippen molar-refractivity contribution in [3.8, 4) is 0 Å². The maximum atomic E-state index is 4.22. The van der Waals surface area contributed by atoms with Crippen molar-refractivity contribution in [2.75, 3.05) is 6.67 Å². The first-order valence-electron chi connectivity index (χ1n) is 3.65. The monoisotopic (exact) mass is 225 g/mol. The summed E-state index contributed by atoms with van der Waals surface area (Å²) < 4.78 is 1.07. The van der Waals surface area contributed by atoms with E-state index in [0.29, 0.717) is 6.67 Å². The van der Waals surface area contributed by atoms with Crippen LogP contribution in [0, 0.1) is 0 Å². The molecule has 1 aromatic rings. The topological polar surface area (TPSA) is 36.4 Å². The molecule has 1 heterocycles. The maximum absolute atomic E-state index is 4.22. The second-order valence-corrected chi connectivity index (χ2v) is 3.39. The van der Waals surface area contributed by atoms with Gasteiger partial charge in [-0.3, -0.25) is 0 Å². The molecule has 0 atom stereocenters. The molecule has 3 nitrogen and oxygen atoms in total. The molecule has 1 aromatic carbocycles. The molecule has 1 aliphatic heterocycles. The summed E-state index contributed by atoms with van der Waals surface area (Å²) in [6.07, 6.45) is 0. The van der Waals surface area contributed by atoms with Gasteiger partial charge in [-0.15, -0.1) is 0 Å². The Bertz CT molecular complexity index is 322. The summed E-state index contributed by atoms with van der Waals surface area (Å²) in [7, 11) is 0. The van der Waals surface area contributed by atoms with Crippen molar-refractivity contribution in [3.05, 3.63) is 34.3 Å². The van der Waals surface area contributed by atoms with Crippen LogP contribution in [-0.4, -0.2) is 12.5 Å². The molecule has 2 N–H and O–H groups in total. The van der Waals surface area contributed by atoms with Gasteiger partial charge in [-0.2, -0.15) is 0 Å². The Balaban J connectivity index is 2.33. The molecule has 2 rings (SSSR count). The first kappa shape index (κ1) is 7.76. The van der Waals surface area contributed by atoms with Gasteiger partial charge in [0.15, 0.2) is 0 Å². The lowest BCUT2D eigenvalue weighted by atomic mass is 10.2. The minimum absolute atomic E-state index is 0.641. The molecule has 1 aliphatic rings. The lowest BCUT2D eigenvalue weighted by Gasteiger charge is -2.01. The van der Waals surface area contributed by atoms with Crippen molar-refractivity contribution in [2.24, 2.45) is 4.99 Å². The summed E-state index contributed by atoms with van der Waals surface area (Å²) in [6.45, 7) is 0.641. The number of hydrazine groups is 1. The van der Waals surface area contributed by atoms with E-state index in [4.69, 9.17) is 0 Å². The molecule has 62 valence electrons. The first-order valence-corrected chi connectivity index (χ1v) is 4.45. The van der Waals surface area contributed by atoms with Crippen LogP contribution >= 0.6 is 15.9 Å². The zero-order chi connectivity index (χ0) is 8.39. The highest BCUT2D eigenvalue weighted by molar-refractivity contribution is 9.10. The molecular formula is C8H8BrN3. The van der Waals surface area contributed by atoms with E-state index in [1.807, 2.05) is 24.3 Å². The number of aliphatic imine (C=N–C) groups is 1. The largest absolute Gasteiger partial charge is 0.304 e. The number of nitrogens with one attached hydrogen (secondary N) is 2. The minimum atomic E-state index is 0.641. The van der Waals surface area contributed by atoms with Crippen molar-refractivity contribution < 1.29 is 0 Å². The van der Waals surface area contributed by atoms with Gasteiger partial charge in [-0.05, 0) is 12.1 Å². The molecule has 12 heavy (non-hydrogen) atoms. The second-order valence-electron chi connectivity index (χ2n) is 2.48. The minimum Gasteiger partial charge on any atom is -0.304 e. The number of amidine groups is 1. The highest BCUT2D eigenvalue weighted by atomic mass is 79.9. The van der Waals surface area contributed by atoms with E-state index in [9.17, 15) is 0 Å². The zero-order valence-electron chi connectivity index (χ0n) is 6.34. The van der Waals surface area contributed by atoms with Crippen molar-refractivity contribution in [3.63, 3.8) is 0 Å². The third-order valence-electron chi connectivity index (χ3n) is 1.62. The predicted octanol–water partition coefficient (Wildman–Crippen LogP) is 1.26. The molecule has 0 aromatic heterocycles. The molecule has 0 bridgehead atoms. The fourth-order valence-corrected chi connectivity index (χ4v) is 1.48. The fourth-order valence-electron chi connectivity index (χ4n) is 1.08. The number of hydrogen-bond donors (Lipinski definition) is 2. The van der Waals surface area contributed by atoms with E-state index < -0.39 is 0 Å². The lowest BCUT2D eigenvalue weighted by molar-refractivity contribution is 0.727. The standard InChI is InChI=1S/C8H8BrN3/c9-7-3-1-2-6(4-7)8-10-5-11-12-8/h1-4,11H,5H2,(H,10,12). The number of halogens is 1. The van der Waals surface area contributed by atoms with E-state index in [2.05, 4.69) is 31.8 Å². The molecular weight excluding hydrogens is 218 g/mol. The molecule has 0 unspecified atom stereocenters. The molecule has 0 saturated heterocycles. The van der Waals surface area contributed by atoms with Crippen LogP contribution in [0.15, 0.2) is 33.7 Å². The number of benzene rings is 1. The van der Waals surface area contributed by atoms with Gasteiger partial charge in [0.25, 0.3) is 0 Å². The van der Waals surface area contributed by atoms with Crippen molar-refractivity contribution in [1.29, 1.82) is 0 Å². The SMILES string of the molecule is Brc1cccc(C2=NCNN2)c1. The zero-order valence-corrected chi connectivity index (χ0v) is 7.93. The molecule has 0 radical (unpaired) electrons. The summed E-state index contributed by atoms with van der Waals surface area (Å²) in [6, 6.07) is 8.02. The van der Waals surface area contributed by atoms with Crippen LogP contribution in [0.1, 0.15) is 5.56 Å². The second kappa shape index (κ2) is 3.25. The Morgan fingerprint density at radius 3 is 3.00 bits per heavy atom. The molecule has 4 heteroatoms. The Morgan fingerprint density at radius 2 is 2.33 bits per heavy atom. The summed E-state index contributed by atoms with van der Waals surface area (Å²) >= 11 is 3.41. The van der Waals surface area contributed by atoms with Gasteiger partial charge in [0.1, 0.15) is 12.5 Å². The van der Waals surface area contributed by atoms with Gasteiger partial charge in [-0.25, -0.2) is 10.4 Å². The Morgan fingerprint density at radius 1 is 1.42 bits per heavy atom. The van der Waals surface area contributed by atoms with Gasteiger partial charge in [0.2, 0.25) is 0 Å². The summed E-state index contributed by atoms with van der Waals surface area (Å²) in [5.41, 5.74) is 6.99. The Hall–Kier alpha value is -0.870. The Kier molecular flexibility index (Phi) is 2.10. The molecule has 0 spiro atoms. The van der Waals surface area contributed by atoms with Crippen LogP contribution in [0.3, 0.4) is 0 Å². The quantitative estimate of drug-likeness (QED) is 0.756. The highest BCUT2D eigenvalue weighted by Gasteiger charge is 2.06. The molecule has 0 fully saturated rings.